The maximum absolute atomic E-state index is 14.3. The van der Waals surface area contributed by atoms with Crippen LogP contribution in [0.25, 0.3) is 0 Å². The Hall–Kier alpha value is -3.07. The molecule has 0 aliphatic carbocycles. The van der Waals surface area contributed by atoms with Gasteiger partial charge in [0, 0.05) is 35.1 Å². The van der Waals surface area contributed by atoms with E-state index in [0.29, 0.717) is 27.8 Å². The van der Waals surface area contributed by atoms with E-state index in [9.17, 15) is 18.0 Å². The number of sulfonamides is 1. The molecule has 0 radical (unpaired) electrons. The number of carbonyl (C=O) groups is 2. The van der Waals surface area contributed by atoms with Gasteiger partial charge in [0.2, 0.25) is 21.8 Å². The molecule has 0 unspecified atom stereocenters. The highest BCUT2D eigenvalue weighted by Gasteiger charge is 2.34. The van der Waals surface area contributed by atoms with Crippen LogP contribution in [0.3, 0.4) is 0 Å². The van der Waals surface area contributed by atoms with Crippen molar-refractivity contribution >= 4 is 50.7 Å². The first-order chi connectivity index (χ1) is 19.9. The summed E-state index contributed by atoms with van der Waals surface area (Å²) in [5, 5.41) is 3.65. The van der Waals surface area contributed by atoms with Crippen molar-refractivity contribution in [1.82, 2.24) is 10.2 Å². The van der Waals surface area contributed by atoms with E-state index in [2.05, 4.69) is 5.32 Å². The van der Waals surface area contributed by atoms with Crippen LogP contribution in [0.15, 0.2) is 72.8 Å². The number of para-hydroxylation sites is 1. The highest BCUT2D eigenvalue weighted by Crippen LogP contribution is 2.31. The number of carbonyl (C=O) groups excluding carboxylic acids is 2. The largest absolute Gasteiger partial charge is 0.354 e. The van der Waals surface area contributed by atoms with Crippen molar-refractivity contribution in [2.24, 2.45) is 0 Å². The Labute approximate surface area is 259 Å². The fraction of sp³-hybridized carbons (Fsp3) is 0.375. The zero-order chi connectivity index (χ0) is 30.9. The molecule has 7 nitrogen and oxygen atoms in total. The molecule has 2 amide bonds. The summed E-state index contributed by atoms with van der Waals surface area (Å²) in [5.74, 6) is -0.882. The molecule has 0 aliphatic heterocycles. The predicted octanol–water partition coefficient (Wildman–Crippen LogP) is 6.44. The number of rotatable bonds is 14. The maximum Gasteiger partial charge on any atom is 0.244 e. The maximum atomic E-state index is 14.3. The molecule has 0 heterocycles. The molecule has 1 N–H and O–H groups in total. The average Bonchev–Trinajstić information content (AvgIpc) is 2.94. The topological polar surface area (TPSA) is 86.8 Å². The van der Waals surface area contributed by atoms with E-state index in [1.54, 1.807) is 30.3 Å². The highest BCUT2D eigenvalue weighted by molar-refractivity contribution is 7.92. The molecule has 0 aliphatic rings. The van der Waals surface area contributed by atoms with Gasteiger partial charge in [0.05, 0.1) is 11.9 Å². The third-order valence-electron chi connectivity index (χ3n) is 7.00. The highest BCUT2D eigenvalue weighted by atomic mass is 35.5. The van der Waals surface area contributed by atoms with Gasteiger partial charge in [0.25, 0.3) is 0 Å². The van der Waals surface area contributed by atoms with Crippen LogP contribution in [-0.4, -0.2) is 50.5 Å². The number of unbranched alkanes of at least 4 members (excludes halogenated alkanes) is 1. The fourth-order valence-corrected chi connectivity index (χ4v) is 6.10. The first kappa shape index (κ1) is 33.4. The lowest BCUT2D eigenvalue weighted by atomic mass is 10.0. The number of halogens is 2. The number of hydrogen-bond donors (Lipinski definition) is 1. The number of amides is 2. The second kappa shape index (κ2) is 15.4. The van der Waals surface area contributed by atoms with Crippen LogP contribution in [0.1, 0.15) is 56.2 Å². The third kappa shape index (κ3) is 8.96. The molecule has 3 aromatic rings. The first-order valence-corrected chi connectivity index (χ1v) is 16.6. The number of benzene rings is 3. The SMILES string of the molecule is CCCCNC(=O)[C@@H](Cc1ccccc1)N(Cc1c(Cl)cccc1Cl)C(=O)CN(c1ccccc1C(C)C)S(C)(=O)=O. The van der Waals surface area contributed by atoms with E-state index < -0.39 is 28.5 Å². The summed E-state index contributed by atoms with van der Waals surface area (Å²) in [7, 11) is -3.88. The van der Waals surface area contributed by atoms with E-state index in [1.165, 1.54) is 4.90 Å². The Morgan fingerprint density at radius 2 is 1.52 bits per heavy atom. The van der Waals surface area contributed by atoms with Gasteiger partial charge in [-0.1, -0.05) is 105 Å². The van der Waals surface area contributed by atoms with Crippen molar-refractivity contribution in [3.05, 3.63) is 99.5 Å². The van der Waals surface area contributed by atoms with Crippen LogP contribution in [0.4, 0.5) is 5.69 Å². The van der Waals surface area contributed by atoms with Gasteiger partial charge in [0.1, 0.15) is 12.6 Å². The first-order valence-electron chi connectivity index (χ1n) is 14.0. The Bertz CT molecular complexity index is 1450. The minimum Gasteiger partial charge on any atom is -0.354 e. The van der Waals surface area contributed by atoms with Gasteiger partial charge < -0.3 is 10.2 Å². The second-order valence-corrected chi connectivity index (χ2v) is 13.3. The standard InChI is InChI=1S/C32H39Cl2N3O4S/c1-5-6-19-35-32(39)30(20-24-13-8-7-9-14-24)36(21-26-27(33)16-12-17-28(26)34)31(38)22-37(42(4,40)41)29-18-11-10-15-25(29)23(2)3/h7-18,23,30H,5-6,19-22H2,1-4H3,(H,35,39)/t30-/m1/s1. The molecule has 1 atom stereocenters. The summed E-state index contributed by atoms with van der Waals surface area (Å²) >= 11 is 13.1. The summed E-state index contributed by atoms with van der Waals surface area (Å²) < 4.78 is 27.4. The minimum absolute atomic E-state index is 0.00811. The summed E-state index contributed by atoms with van der Waals surface area (Å²) in [6.45, 7) is 5.81. The number of hydrogen-bond acceptors (Lipinski definition) is 4. The molecule has 0 saturated heterocycles. The molecule has 226 valence electrons. The van der Waals surface area contributed by atoms with Crippen LogP contribution in [0, 0.1) is 0 Å². The average molecular weight is 633 g/mol. The lowest BCUT2D eigenvalue weighted by Crippen LogP contribution is -2.53. The van der Waals surface area contributed by atoms with E-state index in [4.69, 9.17) is 23.2 Å². The van der Waals surface area contributed by atoms with E-state index in [0.717, 1.165) is 34.5 Å². The summed E-state index contributed by atoms with van der Waals surface area (Å²) in [4.78, 5) is 29.4. The Kier molecular flexibility index (Phi) is 12.3. The van der Waals surface area contributed by atoms with Gasteiger partial charge in [-0.05, 0) is 41.7 Å². The summed E-state index contributed by atoms with van der Waals surface area (Å²) in [6.07, 6.45) is 2.96. The van der Waals surface area contributed by atoms with Gasteiger partial charge in [-0.25, -0.2) is 8.42 Å². The van der Waals surface area contributed by atoms with Crippen molar-refractivity contribution in [2.45, 2.75) is 58.5 Å². The van der Waals surface area contributed by atoms with Gasteiger partial charge >= 0.3 is 0 Å². The van der Waals surface area contributed by atoms with E-state index in [-0.39, 0.29) is 24.8 Å². The van der Waals surface area contributed by atoms with Crippen molar-refractivity contribution in [3.8, 4) is 0 Å². The van der Waals surface area contributed by atoms with E-state index >= 15 is 0 Å². The van der Waals surface area contributed by atoms with Crippen LogP contribution in [0.5, 0.6) is 0 Å². The number of nitrogens with one attached hydrogen (secondary N) is 1. The van der Waals surface area contributed by atoms with Crippen LogP contribution < -0.4 is 9.62 Å². The molecule has 0 bridgehead atoms. The Morgan fingerprint density at radius 3 is 2.12 bits per heavy atom. The molecule has 3 rings (SSSR count). The smallest absolute Gasteiger partial charge is 0.244 e. The van der Waals surface area contributed by atoms with Crippen LogP contribution in [0.2, 0.25) is 10.0 Å². The molecule has 0 saturated carbocycles. The summed E-state index contributed by atoms with van der Waals surface area (Å²) in [5.41, 5.74) is 2.53. The second-order valence-electron chi connectivity index (χ2n) is 10.6. The van der Waals surface area contributed by atoms with Crippen LogP contribution >= 0.6 is 23.2 Å². The fourth-order valence-electron chi connectivity index (χ4n) is 4.71. The normalized spacial score (nSPS) is 12.2. The minimum atomic E-state index is -3.88. The Morgan fingerprint density at radius 1 is 0.905 bits per heavy atom. The van der Waals surface area contributed by atoms with Gasteiger partial charge in [-0.15, -0.1) is 0 Å². The molecular weight excluding hydrogens is 593 g/mol. The molecule has 10 heteroatoms. The van der Waals surface area contributed by atoms with Gasteiger partial charge in [-0.2, -0.15) is 0 Å². The van der Waals surface area contributed by atoms with Crippen molar-refractivity contribution in [3.63, 3.8) is 0 Å². The van der Waals surface area contributed by atoms with Crippen molar-refractivity contribution < 1.29 is 18.0 Å². The number of anilines is 1. The van der Waals surface area contributed by atoms with Crippen molar-refractivity contribution in [2.75, 3.05) is 23.7 Å². The quantitative estimate of drug-likeness (QED) is 0.207. The molecule has 3 aromatic carbocycles. The summed E-state index contributed by atoms with van der Waals surface area (Å²) in [6, 6.07) is 20.6. The van der Waals surface area contributed by atoms with Gasteiger partial charge in [-0.3, -0.25) is 13.9 Å². The Balaban J connectivity index is 2.12. The van der Waals surface area contributed by atoms with Crippen molar-refractivity contribution in [1.29, 1.82) is 0 Å². The zero-order valence-corrected chi connectivity index (χ0v) is 26.8. The number of nitrogens with zero attached hydrogens (tertiary/aromatic N) is 2. The van der Waals surface area contributed by atoms with Crippen LogP contribution in [-0.2, 0) is 32.6 Å². The monoisotopic (exact) mass is 631 g/mol. The molecule has 0 spiro atoms. The molecule has 42 heavy (non-hydrogen) atoms. The van der Waals surface area contributed by atoms with Gasteiger partial charge in [0.15, 0.2) is 0 Å². The van der Waals surface area contributed by atoms with E-state index in [1.807, 2.05) is 63.2 Å². The zero-order valence-electron chi connectivity index (χ0n) is 24.5. The third-order valence-corrected chi connectivity index (χ3v) is 8.83. The lowest BCUT2D eigenvalue weighted by molar-refractivity contribution is -0.140. The molecule has 0 fully saturated rings. The molecule has 0 aromatic heterocycles. The molecular formula is C32H39Cl2N3O4S. The lowest BCUT2D eigenvalue weighted by Gasteiger charge is -2.34. The predicted molar refractivity (Wildman–Crippen MR) is 172 cm³/mol.